The number of methoxy groups -OCH3 is 1. The van der Waals surface area contributed by atoms with Crippen LogP contribution in [-0.2, 0) is 11.2 Å². The van der Waals surface area contributed by atoms with Crippen molar-refractivity contribution in [2.24, 2.45) is 5.92 Å². The summed E-state index contributed by atoms with van der Waals surface area (Å²) in [5, 5.41) is 2.93. The molecule has 1 N–H and O–H groups in total. The van der Waals surface area contributed by atoms with Crippen molar-refractivity contribution in [3.63, 3.8) is 0 Å². The zero-order chi connectivity index (χ0) is 19.4. The van der Waals surface area contributed by atoms with E-state index in [2.05, 4.69) is 5.32 Å². The summed E-state index contributed by atoms with van der Waals surface area (Å²) in [7, 11) is 1.62. The fraction of sp³-hybridized carbons (Fsp3) is 0.364. The Bertz CT molecular complexity index is 803. The fourth-order valence-electron chi connectivity index (χ4n) is 3.50. The second kappa shape index (κ2) is 8.25. The number of hydrogen-bond donors (Lipinski definition) is 1. The summed E-state index contributed by atoms with van der Waals surface area (Å²) in [6.45, 7) is 4.51. The van der Waals surface area contributed by atoms with E-state index in [1.165, 1.54) is 0 Å². The van der Waals surface area contributed by atoms with E-state index in [-0.39, 0.29) is 17.7 Å². The van der Waals surface area contributed by atoms with E-state index >= 15 is 0 Å². The van der Waals surface area contributed by atoms with Crippen molar-refractivity contribution in [2.45, 2.75) is 32.7 Å². The number of carbonyl (C=O) groups is 2. The maximum absolute atomic E-state index is 13.4. The minimum absolute atomic E-state index is 0.0368. The standard InChI is InChI=1S/C22H26N2O3/c1-15(2)19(23-21(25)17-9-5-4-6-10-17)22(26)24-14-8-12-16-11-7-13-18(27-3)20(16)24/h4-7,9-11,13,15,19H,8,12,14H2,1-3H3,(H,23,25). The molecule has 0 fully saturated rings. The lowest BCUT2D eigenvalue weighted by atomic mass is 9.97. The second-order valence-corrected chi connectivity index (χ2v) is 7.12. The van der Waals surface area contributed by atoms with Gasteiger partial charge in [-0.05, 0) is 42.5 Å². The molecule has 27 heavy (non-hydrogen) atoms. The first kappa shape index (κ1) is 19.0. The van der Waals surface area contributed by atoms with Gasteiger partial charge in [0.05, 0.1) is 12.8 Å². The zero-order valence-electron chi connectivity index (χ0n) is 16.1. The molecule has 2 aromatic carbocycles. The van der Waals surface area contributed by atoms with Crippen LogP contribution in [0, 0.1) is 5.92 Å². The molecule has 0 saturated heterocycles. The van der Waals surface area contributed by atoms with Crippen LogP contribution in [0.25, 0.3) is 0 Å². The number of hydrogen-bond acceptors (Lipinski definition) is 3. The monoisotopic (exact) mass is 366 g/mol. The predicted octanol–water partition coefficient (Wildman–Crippen LogP) is 3.43. The van der Waals surface area contributed by atoms with Gasteiger partial charge < -0.3 is 15.0 Å². The molecule has 0 aromatic heterocycles. The Morgan fingerprint density at radius 1 is 1.07 bits per heavy atom. The van der Waals surface area contributed by atoms with E-state index in [0.29, 0.717) is 17.9 Å². The van der Waals surface area contributed by atoms with Crippen LogP contribution in [0.2, 0.25) is 0 Å². The van der Waals surface area contributed by atoms with Gasteiger partial charge in [0.15, 0.2) is 0 Å². The number of amides is 2. The number of nitrogens with one attached hydrogen (secondary N) is 1. The Kier molecular flexibility index (Phi) is 5.79. The summed E-state index contributed by atoms with van der Waals surface area (Å²) in [6.07, 6.45) is 1.81. The Hall–Kier alpha value is -2.82. The van der Waals surface area contributed by atoms with Crippen molar-refractivity contribution in [2.75, 3.05) is 18.6 Å². The third kappa shape index (κ3) is 3.97. The van der Waals surface area contributed by atoms with E-state index in [4.69, 9.17) is 4.74 Å². The molecule has 1 atom stereocenters. The normalized spacial score (nSPS) is 14.4. The first-order valence-corrected chi connectivity index (χ1v) is 9.36. The third-order valence-corrected chi connectivity index (χ3v) is 4.92. The molecule has 0 saturated carbocycles. The predicted molar refractivity (Wildman–Crippen MR) is 106 cm³/mol. The number of nitrogens with zero attached hydrogens (tertiary/aromatic N) is 1. The van der Waals surface area contributed by atoms with Gasteiger partial charge in [-0.1, -0.05) is 44.2 Å². The third-order valence-electron chi connectivity index (χ3n) is 4.92. The number of ether oxygens (including phenoxy) is 1. The number of anilines is 1. The first-order chi connectivity index (χ1) is 13.0. The number of aryl methyl sites for hydroxylation is 1. The van der Waals surface area contributed by atoms with Crippen LogP contribution in [0.3, 0.4) is 0 Å². The quantitative estimate of drug-likeness (QED) is 0.882. The summed E-state index contributed by atoms with van der Waals surface area (Å²) in [5.74, 6) is 0.322. The molecule has 0 aliphatic carbocycles. The minimum atomic E-state index is -0.603. The lowest BCUT2D eigenvalue weighted by molar-refractivity contribution is -0.121. The van der Waals surface area contributed by atoms with Crippen LogP contribution in [0.1, 0.15) is 36.2 Å². The van der Waals surface area contributed by atoms with Crippen LogP contribution in [-0.4, -0.2) is 31.5 Å². The van der Waals surface area contributed by atoms with E-state index in [1.807, 2.05) is 50.2 Å². The van der Waals surface area contributed by atoms with Crippen molar-refractivity contribution in [1.29, 1.82) is 0 Å². The smallest absolute Gasteiger partial charge is 0.251 e. The summed E-state index contributed by atoms with van der Waals surface area (Å²) in [6, 6.07) is 14.2. The number of fused-ring (bicyclic) bond motifs is 1. The van der Waals surface area contributed by atoms with Gasteiger partial charge in [-0.2, -0.15) is 0 Å². The molecule has 2 aromatic rings. The van der Waals surface area contributed by atoms with Crippen molar-refractivity contribution in [1.82, 2.24) is 5.32 Å². The molecule has 5 heteroatoms. The van der Waals surface area contributed by atoms with Crippen molar-refractivity contribution in [3.05, 3.63) is 59.7 Å². The summed E-state index contributed by atoms with van der Waals surface area (Å²) in [4.78, 5) is 27.8. The Balaban J connectivity index is 1.88. The highest BCUT2D eigenvalue weighted by atomic mass is 16.5. The average Bonchev–Trinajstić information content (AvgIpc) is 2.70. The van der Waals surface area contributed by atoms with E-state index in [9.17, 15) is 9.59 Å². The summed E-state index contributed by atoms with van der Waals surface area (Å²) in [5.41, 5.74) is 2.48. The van der Waals surface area contributed by atoms with Crippen LogP contribution in [0.15, 0.2) is 48.5 Å². The average molecular weight is 366 g/mol. The van der Waals surface area contributed by atoms with Gasteiger partial charge in [-0.25, -0.2) is 0 Å². The Morgan fingerprint density at radius 3 is 2.48 bits per heavy atom. The molecule has 2 amide bonds. The largest absolute Gasteiger partial charge is 0.495 e. The molecular weight excluding hydrogens is 340 g/mol. The van der Waals surface area contributed by atoms with E-state index in [0.717, 1.165) is 24.1 Å². The van der Waals surface area contributed by atoms with Crippen molar-refractivity contribution >= 4 is 17.5 Å². The van der Waals surface area contributed by atoms with Crippen LogP contribution >= 0.6 is 0 Å². The van der Waals surface area contributed by atoms with Crippen LogP contribution in [0.4, 0.5) is 5.69 Å². The molecule has 1 heterocycles. The number of benzene rings is 2. The molecular formula is C22H26N2O3. The topological polar surface area (TPSA) is 58.6 Å². The minimum Gasteiger partial charge on any atom is -0.495 e. The van der Waals surface area contributed by atoms with Gasteiger partial charge in [0.2, 0.25) is 5.91 Å². The van der Waals surface area contributed by atoms with E-state index < -0.39 is 6.04 Å². The molecule has 1 aliphatic heterocycles. The van der Waals surface area contributed by atoms with Crippen LogP contribution < -0.4 is 15.0 Å². The highest BCUT2D eigenvalue weighted by molar-refractivity contribution is 6.03. The van der Waals surface area contributed by atoms with Gasteiger partial charge in [-0.3, -0.25) is 9.59 Å². The summed E-state index contributed by atoms with van der Waals surface area (Å²) < 4.78 is 5.50. The highest BCUT2D eigenvalue weighted by Gasteiger charge is 2.33. The second-order valence-electron chi connectivity index (χ2n) is 7.12. The highest BCUT2D eigenvalue weighted by Crippen LogP contribution is 2.36. The zero-order valence-corrected chi connectivity index (χ0v) is 16.1. The fourth-order valence-corrected chi connectivity index (χ4v) is 3.50. The number of carbonyl (C=O) groups excluding carboxylic acids is 2. The molecule has 3 rings (SSSR count). The van der Waals surface area contributed by atoms with Gasteiger partial charge in [-0.15, -0.1) is 0 Å². The molecule has 1 aliphatic rings. The summed E-state index contributed by atoms with van der Waals surface area (Å²) >= 11 is 0. The number of para-hydroxylation sites is 1. The maximum Gasteiger partial charge on any atom is 0.251 e. The maximum atomic E-state index is 13.4. The Morgan fingerprint density at radius 2 is 1.81 bits per heavy atom. The first-order valence-electron chi connectivity index (χ1n) is 9.36. The molecule has 0 spiro atoms. The molecule has 142 valence electrons. The Labute approximate surface area is 160 Å². The lowest BCUT2D eigenvalue weighted by Gasteiger charge is -2.34. The SMILES string of the molecule is COc1cccc2c1N(C(=O)C(NC(=O)c1ccccc1)C(C)C)CCC2. The molecule has 0 radical (unpaired) electrons. The number of rotatable bonds is 5. The van der Waals surface area contributed by atoms with Crippen LogP contribution in [0.5, 0.6) is 5.75 Å². The molecule has 0 bridgehead atoms. The van der Waals surface area contributed by atoms with E-state index in [1.54, 1.807) is 24.1 Å². The van der Waals surface area contributed by atoms with Gasteiger partial charge in [0, 0.05) is 12.1 Å². The molecule has 1 unspecified atom stereocenters. The lowest BCUT2D eigenvalue weighted by Crippen LogP contribution is -2.52. The van der Waals surface area contributed by atoms with Gasteiger partial charge >= 0.3 is 0 Å². The van der Waals surface area contributed by atoms with Crippen molar-refractivity contribution < 1.29 is 14.3 Å². The van der Waals surface area contributed by atoms with Gasteiger partial charge in [0.25, 0.3) is 5.91 Å². The molecule has 5 nitrogen and oxygen atoms in total. The van der Waals surface area contributed by atoms with Gasteiger partial charge in [0.1, 0.15) is 11.8 Å². The van der Waals surface area contributed by atoms with Crippen molar-refractivity contribution in [3.8, 4) is 5.75 Å².